The number of hydrogen-bond acceptors (Lipinski definition) is 10. The van der Waals surface area contributed by atoms with Gasteiger partial charge < -0.3 is 25.0 Å². The highest BCUT2D eigenvalue weighted by atomic mass is 32.2. The number of fused-ring (bicyclic) bond motifs is 3. The van der Waals surface area contributed by atoms with Crippen molar-refractivity contribution in [2.24, 2.45) is 29.6 Å². The minimum Gasteiger partial charge on any atom is -0.471 e. The van der Waals surface area contributed by atoms with Gasteiger partial charge in [0, 0.05) is 18.9 Å². The van der Waals surface area contributed by atoms with Crippen LogP contribution in [0.4, 0.5) is 4.79 Å². The Kier molecular flexibility index (Phi) is 11.5. The van der Waals surface area contributed by atoms with Crippen molar-refractivity contribution in [3.63, 3.8) is 0 Å². The zero-order valence-corrected chi connectivity index (χ0v) is 34.3. The molecule has 1 saturated heterocycles. The molecule has 3 N–H and O–H groups in total. The Labute approximate surface area is 333 Å². The van der Waals surface area contributed by atoms with Gasteiger partial charge in [0.25, 0.3) is 11.5 Å². The Bertz CT molecular complexity index is 2090. The zero-order valence-electron chi connectivity index (χ0n) is 33.4. The summed E-state index contributed by atoms with van der Waals surface area (Å²) in [4.78, 5) is 71.3. The molecule has 15 nitrogen and oxygen atoms in total. The molecule has 5 aliphatic rings. The highest BCUT2D eigenvalue weighted by molar-refractivity contribution is 7.91. The van der Waals surface area contributed by atoms with E-state index >= 15 is 0 Å². The lowest BCUT2D eigenvalue weighted by atomic mass is 9.88. The van der Waals surface area contributed by atoms with Crippen molar-refractivity contribution in [2.45, 2.75) is 134 Å². The molecule has 2 aliphatic heterocycles. The third kappa shape index (κ3) is 8.56. The molecule has 10 atom stereocenters. The first kappa shape index (κ1) is 40.7. The van der Waals surface area contributed by atoms with Crippen molar-refractivity contribution >= 4 is 44.6 Å². The molecule has 3 aliphatic carbocycles. The number of hydrogen-bond donors (Lipinski definition) is 3. The van der Waals surface area contributed by atoms with Gasteiger partial charge in [0.1, 0.15) is 29.8 Å². The topological polar surface area (TPSA) is 195 Å². The van der Waals surface area contributed by atoms with E-state index in [9.17, 15) is 32.4 Å². The third-order valence-electron chi connectivity index (χ3n) is 12.8. The molecule has 310 valence electrons. The minimum atomic E-state index is -3.92. The molecule has 3 saturated carbocycles. The van der Waals surface area contributed by atoms with Gasteiger partial charge in [-0.1, -0.05) is 52.0 Å². The van der Waals surface area contributed by atoms with Crippen LogP contribution >= 0.6 is 0 Å². The van der Waals surface area contributed by atoms with Crippen LogP contribution in [0.25, 0.3) is 10.8 Å². The summed E-state index contributed by atoms with van der Waals surface area (Å²) in [5.41, 5.74) is -1.81. The minimum absolute atomic E-state index is 0.00277. The number of sulfonamides is 1. The summed E-state index contributed by atoms with van der Waals surface area (Å²) in [5, 5.41) is 10.5. The molecule has 4 amide bonds. The quantitative estimate of drug-likeness (QED) is 0.331. The molecule has 0 spiro atoms. The molecule has 0 bridgehead atoms. The number of carbonyl (C=O) groups is 4. The monoisotopic (exact) mass is 808 g/mol. The van der Waals surface area contributed by atoms with E-state index in [1.54, 1.807) is 31.2 Å². The Morgan fingerprint density at radius 2 is 1.65 bits per heavy atom. The van der Waals surface area contributed by atoms with Gasteiger partial charge in [-0.25, -0.2) is 17.9 Å². The maximum absolute atomic E-state index is 14.9. The second-order valence-electron chi connectivity index (χ2n) is 17.3. The fourth-order valence-corrected chi connectivity index (χ4v) is 10.3. The first-order valence-corrected chi connectivity index (χ1v) is 22.1. The van der Waals surface area contributed by atoms with E-state index < -0.39 is 68.7 Å². The lowest BCUT2D eigenvalue weighted by molar-refractivity contribution is -0.142. The molecule has 16 heteroatoms. The van der Waals surface area contributed by atoms with E-state index in [0.717, 1.165) is 19.3 Å². The van der Waals surface area contributed by atoms with E-state index in [0.29, 0.717) is 48.3 Å². The van der Waals surface area contributed by atoms with Crippen LogP contribution in [0.1, 0.15) is 92.4 Å². The van der Waals surface area contributed by atoms with Crippen LogP contribution in [0.5, 0.6) is 5.88 Å². The summed E-state index contributed by atoms with van der Waals surface area (Å²) >= 11 is 0. The molecule has 0 radical (unpaired) electrons. The summed E-state index contributed by atoms with van der Waals surface area (Å²) in [6, 6.07) is 4.71. The van der Waals surface area contributed by atoms with E-state index in [4.69, 9.17) is 9.47 Å². The molecule has 57 heavy (non-hydrogen) atoms. The van der Waals surface area contributed by atoms with Crippen molar-refractivity contribution in [2.75, 3.05) is 6.54 Å². The SMILES string of the molecule is CCn1nc(O[C@@H]2C[C@H]3C(=O)N[C@]4(C(=O)NS(=O)(=O)C5CC5)C[C@H]4/C=C\CC[C@@H](C)C[C@@H](C)[C@H](NC(=O)OC4C[C@@H](C)[C@@H](C)C4)C(=O)N3C2)c2ccccc2c1=O. The summed E-state index contributed by atoms with van der Waals surface area (Å²) in [5.74, 6) is -1.65. The summed E-state index contributed by atoms with van der Waals surface area (Å²) in [7, 11) is -3.92. The molecular formula is C41H56N6O9S. The van der Waals surface area contributed by atoms with Crippen LogP contribution in [0.15, 0.2) is 41.2 Å². The van der Waals surface area contributed by atoms with Gasteiger partial charge in [-0.05, 0) is 94.1 Å². The third-order valence-corrected chi connectivity index (χ3v) is 14.6. The second-order valence-corrected chi connectivity index (χ2v) is 19.3. The summed E-state index contributed by atoms with van der Waals surface area (Å²) < 4.78 is 41.7. The van der Waals surface area contributed by atoms with Crippen molar-refractivity contribution < 1.29 is 37.1 Å². The van der Waals surface area contributed by atoms with Crippen LogP contribution in [-0.4, -0.2) is 88.5 Å². The van der Waals surface area contributed by atoms with Gasteiger partial charge in [0.15, 0.2) is 0 Å². The summed E-state index contributed by atoms with van der Waals surface area (Å²) in [6.07, 6.45) is 6.68. The first-order chi connectivity index (χ1) is 27.1. The van der Waals surface area contributed by atoms with E-state index in [1.165, 1.54) is 9.58 Å². The Balaban J connectivity index is 1.22. The van der Waals surface area contributed by atoms with Crippen LogP contribution in [-0.2, 0) is 35.7 Å². The molecule has 3 heterocycles. The number of aromatic nitrogens is 2. The van der Waals surface area contributed by atoms with E-state index in [-0.39, 0.29) is 55.3 Å². The first-order valence-electron chi connectivity index (χ1n) is 20.6. The molecule has 1 aromatic carbocycles. The molecule has 1 aromatic heterocycles. The van der Waals surface area contributed by atoms with E-state index in [1.807, 2.05) is 19.1 Å². The van der Waals surface area contributed by atoms with Crippen LogP contribution < -0.4 is 25.7 Å². The Morgan fingerprint density at radius 1 is 0.947 bits per heavy atom. The highest BCUT2D eigenvalue weighted by Gasteiger charge is 2.62. The van der Waals surface area contributed by atoms with Crippen molar-refractivity contribution in [3.05, 3.63) is 46.8 Å². The predicted octanol–water partition coefficient (Wildman–Crippen LogP) is 3.79. The summed E-state index contributed by atoms with van der Waals surface area (Å²) in [6.45, 7) is 10.3. The van der Waals surface area contributed by atoms with Crippen molar-refractivity contribution in [3.8, 4) is 5.88 Å². The van der Waals surface area contributed by atoms with Crippen LogP contribution in [0, 0.1) is 29.6 Å². The normalized spacial score (nSPS) is 33.9. The number of allylic oxidation sites excluding steroid dienone is 1. The highest BCUT2D eigenvalue weighted by Crippen LogP contribution is 2.46. The largest absolute Gasteiger partial charge is 0.471 e. The fraction of sp³-hybridized carbons (Fsp3) is 0.659. The molecule has 7 rings (SSSR count). The number of amides is 4. The number of aryl methyl sites for hydroxylation is 1. The maximum Gasteiger partial charge on any atom is 0.408 e. The maximum atomic E-state index is 14.9. The van der Waals surface area contributed by atoms with Gasteiger partial charge in [0.2, 0.25) is 27.7 Å². The fourth-order valence-electron chi connectivity index (χ4n) is 8.96. The Hall–Kier alpha value is -4.47. The number of ether oxygens (including phenoxy) is 2. The van der Waals surface area contributed by atoms with E-state index in [2.05, 4.69) is 41.2 Å². The number of carbonyl (C=O) groups excluding carboxylic acids is 4. The van der Waals surface area contributed by atoms with Crippen molar-refractivity contribution in [1.82, 2.24) is 30.0 Å². The lowest BCUT2D eigenvalue weighted by Gasteiger charge is -2.33. The Morgan fingerprint density at radius 3 is 2.33 bits per heavy atom. The number of rotatable bonds is 8. The van der Waals surface area contributed by atoms with Gasteiger partial charge >= 0.3 is 6.09 Å². The zero-order chi connectivity index (χ0) is 40.8. The number of benzene rings is 1. The van der Waals surface area contributed by atoms with Crippen molar-refractivity contribution in [1.29, 1.82) is 0 Å². The predicted molar refractivity (Wildman–Crippen MR) is 211 cm³/mol. The van der Waals surface area contributed by atoms with Gasteiger partial charge in [0.05, 0.1) is 22.6 Å². The van der Waals surface area contributed by atoms with Crippen LogP contribution in [0.3, 0.4) is 0 Å². The van der Waals surface area contributed by atoms with Gasteiger partial charge in [-0.15, -0.1) is 5.10 Å². The lowest BCUT2D eigenvalue weighted by Crippen LogP contribution is -2.59. The number of nitrogens with zero attached hydrogens (tertiary/aromatic N) is 3. The average Bonchev–Trinajstić information content (AvgIpc) is 4.07. The average molecular weight is 809 g/mol. The molecule has 2 aromatic rings. The molecule has 4 fully saturated rings. The standard InChI is InChI=1S/C41H56N6O9S/c1-6-47-37(49)32-14-10-9-13-31(32)36(44-47)55-29-20-33-35(48)43-41(39(51)45-57(53,54)30-15-16-30)21-27(41)12-8-7-11-23(2)17-26(5)34(38(50)46(33)22-29)42-40(52)56-28-18-24(3)25(4)19-28/h8-10,12-14,23-30,33-34H,6-7,11,15-22H2,1-5H3,(H,42,52)(H,43,48)(H,45,51)/b12-8-/t23-,24-,25+,26-,27-,28?,29-,33+,34+,41-/m1/s1. The second kappa shape index (κ2) is 16.1. The van der Waals surface area contributed by atoms with Gasteiger partial charge in [-0.2, -0.15) is 0 Å². The molecule has 1 unspecified atom stereocenters. The van der Waals surface area contributed by atoms with Crippen LogP contribution in [0.2, 0.25) is 0 Å². The van der Waals surface area contributed by atoms with Gasteiger partial charge in [-0.3, -0.25) is 23.9 Å². The smallest absolute Gasteiger partial charge is 0.408 e. The molecular weight excluding hydrogens is 753 g/mol. The number of nitrogens with one attached hydrogen (secondary N) is 3. The number of alkyl carbamates (subject to hydrolysis) is 1.